The van der Waals surface area contributed by atoms with Gasteiger partial charge in [0.15, 0.2) is 6.10 Å². The summed E-state index contributed by atoms with van der Waals surface area (Å²) in [5, 5.41) is 9.82. The molecule has 0 radical (unpaired) electrons. The van der Waals surface area contributed by atoms with Crippen molar-refractivity contribution in [2.75, 3.05) is 6.61 Å². The van der Waals surface area contributed by atoms with Crippen molar-refractivity contribution in [1.82, 2.24) is 0 Å². The van der Waals surface area contributed by atoms with Crippen molar-refractivity contribution in [3.05, 3.63) is 29.3 Å². The molecule has 0 fully saturated rings. The van der Waals surface area contributed by atoms with E-state index in [0.717, 1.165) is 12.0 Å². The highest BCUT2D eigenvalue weighted by Gasteiger charge is 2.22. The lowest BCUT2D eigenvalue weighted by atomic mass is 10.1. The molecule has 1 N–H and O–H groups in total. The Kier molecular flexibility index (Phi) is 6.52. The third-order valence-electron chi connectivity index (χ3n) is 2.98. The second kappa shape index (κ2) is 7.90. The van der Waals surface area contributed by atoms with Gasteiger partial charge in [-0.05, 0) is 39.3 Å². The molecule has 0 aliphatic carbocycles. The maximum Gasteiger partial charge on any atom is 0.347 e. The third kappa shape index (κ3) is 4.53. The topological polar surface area (TPSA) is 55.8 Å². The molecular weight excluding hydrogens is 256 g/mol. The Morgan fingerprint density at radius 1 is 1.35 bits per heavy atom. The number of carbonyl (C=O) groups is 1. The van der Waals surface area contributed by atoms with Gasteiger partial charge in [0.25, 0.3) is 0 Å². The number of aryl methyl sites for hydroxylation is 1. The van der Waals surface area contributed by atoms with Crippen molar-refractivity contribution in [3.63, 3.8) is 0 Å². The number of esters is 1. The Balaban J connectivity index is 2.95. The zero-order valence-electron chi connectivity index (χ0n) is 12.7. The van der Waals surface area contributed by atoms with E-state index in [2.05, 4.69) is 0 Å². The minimum absolute atomic E-state index is 0.333. The van der Waals surface area contributed by atoms with Gasteiger partial charge in [-0.15, -0.1) is 0 Å². The first-order chi connectivity index (χ1) is 9.49. The lowest BCUT2D eigenvalue weighted by molar-refractivity contribution is -0.151. The molecule has 0 spiro atoms. The van der Waals surface area contributed by atoms with E-state index in [-0.39, 0.29) is 5.97 Å². The zero-order valence-corrected chi connectivity index (χ0v) is 12.7. The van der Waals surface area contributed by atoms with Crippen LogP contribution in [0.1, 0.15) is 50.8 Å². The summed E-state index contributed by atoms with van der Waals surface area (Å²) in [5.41, 5.74) is 1.73. The van der Waals surface area contributed by atoms with Gasteiger partial charge in [-0.2, -0.15) is 0 Å². The Labute approximate surface area is 120 Å². The van der Waals surface area contributed by atoms with Crippen molar-refractivity contribution in [1.29, 1.82) is 0 Å². The predicted molar refractivity (Wildman–Crippen MR) is 77.8 cm³/mol. The highest BCUT2D eigenvalue weighted by Crippen LogP contribution is 2.28. The van der Waals surface area contributed by atoms with E-state index >= 15 is 0 Å². The second-order valence-electron chi connectivity index (χ2n) is 4.86. The molecule has 0 aromatic heterocycles. The molecule has 20 heavy (non-hydrogen) atoms. The normalized spacial score (nSPS) is 13.7. The monoisotopic (exact) mass is 280 g/mol. The van der Waals surface area contributed by atoms with Crippen molar-refractivity contribution >= 4 is 5.97 Å². The number of carbonyl (C=O) groups excluding carboxylic acids is 1. The predicted octanol–water partition coefficient (Wildman–Crippen LogP) is 3.16. The Bertz CT molecular complexity index is 440. The Hall–Kier alpha value is -1.55. The van der Waals surface area contributed by atoms with Gasteiger partial charge in [-0.25, -0.2) is 4.79 Å². The Morgan fingerprint density at radius 3 is 2.60 bits per heavy atom. The summed E-state index contributed by atoms with van der Waals surface area (Å²) >= 11 is 0. The van der Waals surface area contributed by atoms with Crippen LogP contribution in [0.25, 0.3) is 0 Å². The first-order valence-electron chi connectivity index (χ1n) is 7.11. The number of benzene rings is 1. The SMILES string of the molecule is CCCC(Oc1ccc(C)cc1C(C)O)C(=O)OCC. The van der Waals surface area contributed by atoms with E-state index in [4.69, 9.17) is 9.47 Å². The lowest BCUT2D eigenvalue weighted by Gasteiger charge is -2.20. The molecule has 1 aromatic carbocycles. The van der Waals surface area contributed by atoms with Crippen LogP contribution in [0.3, 0.4) is 0 Å². The van der Waals surface area contributed by atoms with E-state index in [9.17, 15) is 9.90 Å². The minimum Gasteiger partial charge on any atom is -0.478 e. The fourth-order valence-corrected chi connectivity index (χ4v) is 1.98. The van der Waals surface area contributed by atoms with Crippen LogP contribution < -0.4 is 4.74 Å². The molecule has 4 heteroatoms. The van der Waals surface area contributed by atoms with Gasteiger partial charge in [0, 0.05) is 5.56 Å². The maximum absolute atomic E-state index is 11.9. The van der Waals surface area contributed by atoms with Crippen LogP contribution in [0.15, 0.2) is 18.2 Å². The fourth-order valence-electron chi connectivity index (χ4n) is 1.98. The highest BCUT2D eigenvalue weighted by atomic mass is 16.6. The molecule has 0 saturated carbocycles. The highest BCUT2D eigenvalue weighted by molar-refractivity contribution is 5.75. The molecule has 1 aromatic rings. The summed E-state index contributed by atoms with van der Waals surface area (Å²) < 4.78 is 10.8. The molecule has 0 amide bonds. The standard InChI is InChI=1S/C16H24O4/c1-5-7-15(16(18)19-6-2)20-14-9-8-11(3)10-13(14)12(4)17/h8-10,12,15,17H,5-7H2,1-4H3. The van der Waals surface area contributed by atoms with Gasteiger partial charge in [0.1, 0.15) is 5.75 Å². The molecule has 2 atom stereocenters. The van der Waals surface area contributed by atoms with Crippen molar-refractivity contribution in [2.24, 2.45) is 0 Å². The van der Waals surface area contributed by atoms with Crippen molar-refractivity contribution in [3.8, 4) is 5.75 Å². The minimum atomic E-state index is -0.644. The molecule has 0 aliphatic rings. The largest absolute Gasteiger partial charge is 0.478 e. The fraction of sp³-hybridized carbons (Fsp3) is 0.562. The van der Waals surface area contributed by atoms with Gasteiger partial charge < -0.3 is 14.6 Å². The Morgan fingerprint density at radius 2 is 2.05 bits per heavy atom. The number of rotatable bonds is 7. The number of ether oxygens (including phenoxy) is 2. The summed E-state index contributed by atoms with van der Waals surface area (Å²) in [6.07, 6.45) is 0.139. The lowest BCUT2D eigenvalue weighted by Crippen LogP contribution is -2.29. The van der Waals surface area contributed by atoms with E-state index < -0.39 is 12.2 Å². The van der Waals surface area contributed by atoms with Crippen LogP contribution >= 0.6 is 0 Å². The summed E-state index contributed by atoms with van der Waals surface area (Å²) in [5.74, 6) is 0.184. The maximum atomic E-state index is 11.9. The van der Waals surface area contributed by atoms with Crippen LogP contribution in [0, 0.1) is 6.92 Å². The first-order valence-corrected chi connectivity index (χ1v) is 7.11. The molecule has 112 valence electrons. The summed E-state index contributed by atoms with van der Waals surface area (Å²) in [7, 11) is 0. The third-order valence-corrected chi connectivity index (χ3v) is 2.98. The van der Waals surface area contributed by atoms with Crippen LogP contribution in [0.4, 0.5) is 0 Å². The first kappa shape index (κ1) is 16.5. The molecular formula is C16H24O4. The average molecular weight is 280 g/mol. The van der Waals surface area contributed by atoms with Crippen LogP contribution in [-0.2, 0) is 9.53 Å². The molecule has 0 bridgehead atoms. The molecule has 1 rings (SSSR count). The number of aliphatic hydroxyl groups is 1. The molecule has 2 unspecified atom stereocenters. The molecule has 0 heterocycles. The number of aliphatic hydroxyl groups excluding tert-OH is 1. The van der Waals surface area contributed by atoms with Crippen LogP contribution in [0.5, 0.6) is 5.75 Å². The zero-order chi connectivity index (χ0) is 15.1. The average Bonchev–Trinajstić information content (AvgIpc) is 2.40. The van der Waals surface area contributed by atoms with E-state index in [0.29, 0.717) is 24.3 Å². The summed E-state index contributed by atoms with van der Waals surface area (Å²) in [6.45, 7) is 7.72. The quantitative estimate of drug-likeness (QED) is 0.779. The van der Waals surface area contributed by atoms with Gasteiger partial charge in [0.2, 0.25) is 0 Å². The van der Waals surface area contributed by atoms with Crippen LogP contribution in [-0.4, -0.2) is 23.8 Å². The van der Waals surface area contributed by atoms with Gasteiger partial charge in [-0.3, -0.25) is 0 Å². The molecule has 4 nitrogen and oxygen atoms in total. The van der Waals surface area contributed by atoms with Crippen molar-refractivity contribution in [2.45, 2.75) is 52.7 Å². The smallest absolute Gasteiger partial charge is 0.347 e. The van der Waals surface area contributed by atoms with E-state index in [1.807, 2.05) is 26.0 Å². The molecule has 0 saturated heterocycles. The number of hydrogen-bond acceptors (Lipinski definition) is 4. The van der Waals surface area contributed by atoms with Crippen molar-refractivity contribution < 1.29 is 19.4 Å². The van der Waals surface area contributed by atoms with E-state index in [1.54, 1.807) is 19.9 Å². The van der Waals surface area contributed by atoms with Gasteiger partial charge >= 0.3 is 5.97 Å². The van der Waals surface area contributed by atoms with E-state index in [1.165, 1.54) is 0 Å². The number of hydrogen-bond donors (Lipinski definition) is 1. The summed E-state index contributed by atoms with van der Waals surface area (Å²) in [6, 6.07) is 5.56. The van der Waals surface area contributed by atoms with Gasteiger partial charge in [-0.1, -0.05) is 25.0 Å². The second-order valence-corrected chi connectivity index (χ2v) is 4.86. The van der Waals surface area contributed by atoms with Crippen LogP contribution in [0.2, 0.25) is 0 Å². The van der Waals surface area contributed by atoms with Gasteiger partial charge in [0.05, 0.1) is 12.7 Å². The summed E-state index contributed by atoms with van der Waals surface area (Å²) in [4.78, 5) is 11.9. The molecule has 0 aliphatic heterocycles.